The maximum atomic E-state index is 12.7. The molecule has 0 aromatic heterocycles. The Hall–Kier alpha value is -3.48. The lowest BCUT2D eigenvalue weighted by atomic mass is 9.89. The maximum Gasteiger partial charge on any atom is 0.247 e. The number of carbonyl (C=O) groups excluding carboxylic acids is 4. The van der Waals surface area contributed by atoms with Crippen LogP contribution in [0.5, 0.6) is 5.75 Å². The van der Waals surface area contributed by atoms with Gasteiger partial charge in [0, 0.05) is 18.4 Å². The molecule has 0 unspecified atom stereocenters. The molecule has 0 bridgehead atoms. The fraction of sp³-hybridized carbons (Fsp3) is 0.429. The van der Waals surface area contributed by atoms with Crippen molar-refractivity contribution < 1.29 is 44.0 Å². The lowest BCUT2D eigenvalue weighted by molar-refractivity contribution is -0.309. The summed E-state index contributed by atoms with van der Waals surface area (Å²) < 4.78 is 9.68. The van der Waals surface area contributed by atoms with E-state index in [9.17, 15) is 34.5 Å². The molecule has 12 nitrogen and oxygen atoms in total. The van der Waals surface area contributed by atoms with Gasteiger partial charge in [0.2, 0.25) is 17.7 Å². The summed E-state index contributed by atoms with van der Waals surface area (Å²) in [6.45, 7) is -1.43. The van der Waals surface area contributed by atoms with E-state index in [1.807, 2.05) is 0 Å². The van der Waals surface area contributed by atoms with Crippen LogP contribution in [0.1, 0.15) is 12.0 Å². The number of hydrogen-bond acceptors (Lipinski definition) is 9. The monoisotopic (exact) mass is 464 g/mol. The number of nitrogens with two attached hydrogens (primary N) is 1. The minimum atomic E-state index is -1.51. The molecule has 12 heteroatoms. The molecule has 1 aliphatic carbocycles. The second-order valence-electron chi connectivity index (χ2n) is 7.39. The summed E-state index contributed by atoms with van der Waals surface area (Å²) in [4.78, 5) is 46.8. The van der Waals surface area contributed by atoms with Crippen LogP contribution in [-0.2, 0) is 30.3 Å². The third kappa shape index (κ3) is 7.86. The van der Waals surface area contributed by atoms with Crippen molar-refractivity contribution in [3.8, 4) is 5.75 Å². The zero-order valence-corrected chi connectivity index (χ0v) is 17.9. The van der Waals surface area contributed by atoms with Gasteiger partial charge in [0.15, 0.2) is 0 Å². The summed E-state index contributed by atoms with van der Waals surface area (Å²) in [5, 5.41) is 35.4. The predicted octanol–water partition coefficient (Wildman–Crippen LogP) is -3.49. The van der Waals surface area contributed by atoms with E-state index in [0.717, 1.165) is 5.56 Å². The van der Waals surface area contributed by atoms with Gasteiger partial charge in [-0.3, -0.25) is 14.4 Å². The number of primary amides is 1. The van der Waals surface area contributed by atoms with Crippen molar-refractivity contribution in [3.63, 3.8) is 0 Å². The molecule has 2 rings (SSSR count). The third-order valence-corrected chi connectivity index (χ3v) is 4.89. The smallest absolute Gasteiger partial charge is 0.247 e. The number of aliphatic hydroxyl groups is 2. The highest BCUT2D eigenvalue weighted by atomic mass is 16.5. The molecule has 0 saturated carbocycles. The number of carboxylic acids is 1. The molecule has 0 heterocycles. The zero-order chi connectivity index (χ0) is 24.5. The van der Waals surface area contributed by atoms with Crippen molar-refractivity contribution >= 4 is 23.7 Å². The van der Waals surface area contributed by atoms with E-state index in [4.69, 9.17) is 10.5 Å². The van der Waals surface area contributed by atoms with Crippen LogP contribution in [0.3, 0.4) is 0 Å². The number of aliphatic hydroxyl groups excluding tert-OH is 2. The van der Waals surface area contributed by atoms with Crippen molar-refractivity contribution in [2.45, 2.75) is 37.1 Å². The minimum Gasteiger partial charge on any atom is -0.548 e. The first-order chi connectivity index (χ1) is 15.6. The first-order valence-electron chi connectivity index (χ1n) is 9.97. The minimum absolute atomic E-state index is 0.0229. The Morgan fingerprint density at radius 1 is 1.18 bits per heavy atom. The first kappa shape index (κ1) is 25.8. The van der Waals surface area contributed by atoms with Crippen LogP contribution in [0.4, 0.5) is 0 Å². The van der Waals surface area contributed by atoms with E-state index in [1.54, 1.807) is 24.3 Å². The molecule has 33 heavy (non-hydrogen) atoms. The van der Waals surface area contributed by atoms with Gasteiger partial charge < -0.3 is 46.0 Å². The zero-order valence-electron chi connectivity index (χ0n) is 17.9. The Balaban J connectivity index is 2.05. The number of aliphatic carboxylic acids is 1. The second kappa shape index (κ2) is 11.9. The maximum absolute atomic E-state index is 12.7. The van der Waals surface area contributed by atoms with Crippen LogP contribution >= 0.6 is 0 Å². The van der Waals surface area contributed by atoms with Crippen LogP contribution in [0, 0.1) is 0 Å². The quantitative estimate of drug-likeness (QED) is 0.220. The number of carboxylic acid groups (broad SMARTS) is 1. The van der Waals surface area contributed by atoms with Crippen LogP contribution in [0.2, 0.25) is 0 Å². The lowest BCUT2D eigenvalue weighted by Crippen LogP contribution is -2.53. The number of methoxy groups -OCH3 is 1. The van der Waals surface area contributed by atoms with E-state index in [1.165, 1.54) is 13.2 Å². The Morgan fingerprint density at radius 3 is 2.42 bits per heavy atom. The normalized spacial score (nSPS) is 20.8. The molecule has 3 amide bonds. The van der Waals surface area contributed by atoms with Crippen molar-refractivity contribution in [1.82, 2.24) is 10.6 Å². The standard InChI is InChI=1S/C21H27N3O9/c1-32-13-4-2-11(3-5-13)6-15(20(22)30)24-21(31)12-7-14(19(29)16(25)8-12)23-17(26)9-33-10-18(27)28/h2-5,7,14-16,19,25,29H,6,8-10H2,1H3,(H2,22,30)(H,23,26)(H,24,31)(H,27,28)/p-1/t14-,15+,16-,19-/m1/s1. The van der Waals surface area contributed by atoms with Gasteiger partial charge in [-0.2, -0.15) is 0 Å². The molecular formula is C21H26N3O9-. The van der Waals surface area contributed by atoms with Gasteiger partial charge in [0.25, 0.3) is 0 Å². The van der Waals surface area contributed by atoms with Crippen LogP contribution in [0.25, 0.3) is 0 Å². The van der Waals surface area contributed by atoms with E-state index in [0.29, 0.717) is 5.75 Å². The number of amides is 3. The Labute approximate surface area is 189 Å². The van der Waals surface area contributed by atoms with Crippen molar-refractivity contribution in [3.05, 3.63) is 41.5 Å². The number of ether oxygens (including phenoxy) is 2. The SMILES string of the molecule is COc1ccc(C[C@H](NC(=O)C2=C[C@@H](NC(=O)COCC(=O)[O-])[C@@H](O)[C@H](O)C2)C(N)=O)cc1. The van der Waals surface area contributed by atoms with E-state index in [2.05, 4.69) is 15.4 Å². The molecule has 1 aromatic rings. The fourth-order valence-corrected chi connectivity index (χ4v) is 3.19. The van der Waals surface area contributed by atoms with Gasteiger partial charge >= 0.3 is 0 Å². The molecule has 0 radical (unpaired) electrons. The van der Waals surface area contributed by atoms with Gasteiger partial charge in [-0.15, -0.1) is 0 Å². The largest absolute Gasteiger partial charge is 0.548 e. The molecule has 6 N–H and O–H groups in total. The van der Waals surface area contributed by atoms with Crippen LogP contribution < -0.4 is 26.2 Å². The van der Waals surface area contributed by atoms with Crippen molar-refractivity contribution in [2.24, 2.45) is 5.73 Å². The summed E-state index contributed by atoms with van der Waals surface area (Å²) in [6, 6.07) is 4.62. The molecule has 0 fully saturated rings. The number of rotatable bonds is 11. The number of benzene rings is 1. The average molecular weight is 464 g/mol. The summed E-state index contributed by atoms with van der Waals surface area (Å²) in [7, 11) is 1.51. The van der Waals surface area contributed by atoms with E-state index >= 15 is 0 Å². The van der Waals surface area contributed by atoms with E-state index < -0.39 is 61.2 Å². The molecular weight excluding hydrogens is 438 g/mol. The molecule has 0 saturated heterocycles. The Bertz CT molecular complexity index is 901. The first-order valence-corrected chi connectivity index (χ1v) is 9.97. The van der Waals surface area contributed by atoms with Gasteiger partial charge in [0.05, 0.1) is 31.8 Å². The summed E-state index contributed by atoms with van der Waals surface area (Å²) in [5.74, 6) is -3.14. The summed E-state index contributed by atoms with van der Waals surface area (Å²) in [6.07, 6.45) is -1.67. The molecule has 1 aromatic carbocycles. The van der Waals surface area contributed by atoms with Gasteiger partial charge in [0.1, 0.15) is 24.5 Å². The highest BCUT2D eigenvalue weighted by molar-refractivity contribution is 5.97. The lowest BCUT2D eigenvalue weighted by Gasteiger charge is -2.31. The predicted molar refractivity (Wildman–Crippen MR) is 110 cm³/mol. The third-order valence-electron chi connectivity index (χ3n) is 4.89. The topological polar surface area (TPSA) is 200 Å². The Morgan fingerprint density at radius 2 is 1.85 bits per heavy atom. The van der Waals surface area contributed by atoms with Crippen LogP contribution in [0.15, 0.2) is 35.9 Å². The van der Waals surface area contributed by atoms with E-state index in [-0.39, 0.29) is 18.4 Å². The van der Waals surface area contributed by atoms with Crippen molar-refractivity contribution in [2.75, 3.05) is 20.3 Å². The summed E-state index contributed by atoms with van der Waals surface area (Å²) in [5.41, 5.74) is 6.16. The fourth-order valence-electron chi connectivity index (χ4n) is 3.19. The number of carbonyl (C=O) groups is 4. The van der Waals surface area contributed by atoms with Gasteiger partial charge in [-0.05, 0) is 17.7 Å². The summed E-state index contributed by atoms with van der Waals surface area (Å²) >= 11 is 0. The molecule has 1 aliphatic rings. The number of nitrogens with one attached hydrogen (secondary N) is 2. The average Bonchev–Trinajstić information content (AvgIpc) is 2.76. The molecule has 180 valence electrons. The van der Waals surface area contributed by atoms with Gasteiger partial charge in [-0.25, -0.2) is 0 Å². The highest BCUT2D eigenvalue weighted by Gasteiger charge is 2.34. The van der Waals surface area contributed by atoms with Crippen LogP contribution in [-0.4, -0.2) is 78.5 Å². The highest BCUT2D eigenvalue weighted by Crippen LogP contribution is 2.20. The molecule has 4 atom stereocenters. The molecule has 0 spiro atoms. The van der Waals surface area contributed by atoms with Gasteiger partial charge in [-0.1, -0.05) is 18.2 Å². The number of hydrogen-bond donors (Lipinski definition) is 5. The Kier molecular flexibility index (Phi) is 9.33. The van der Waals surface area contributed by atoms with Crippen molar-refractivity contribution in [1.29, 1.82) is 0 Å². The second-order valence-corrected chi connectivity index (χ2v) is 7.39. The molecule has 0 aliphatic heterocycles.